The predicted molar refractivity (Wildman–Crippen MR) is 79.8 cm³/mol. The fourth-order valence-corrected chi connectivity index (χ4v) is 2.01. The maximum Gasteiger partial charge on any atom is 0.259 e. The van der Waals surface area contributed by atoms with Gasteiger partial charge in [0.15, 0.2) is 0 Å². The number of nitrogens with one attached hydrogen (secondary N) is 1. The second-order valence-electron chi connectivity index (χ2n) is 4.71. The lowest BCUT2D eigenvalue weighted by molar-refractivity contribution is 0.102. The number of halogens is 1. The Morgan fingerprint density at radius 3 is 2.76 bits per heavy atom. The van der Waals surface area contributed by atoms with Gasteiger partial charge in [0.25, 0.3) is 5.91 Å². The summed E-state index contributed by atoms with van der Waals surface area (Å²) in [4.78, 5) is 12.1. The molecule has 4 nitrogen and oxygen atoms in total. The second-order valence-corrected chi connectivity index (χ2v) is 4.71. The van der Waals surface area contributed by atoms with Gasteiger partial charge in [-0.3, -0.25) is 4.79 Å². The molecule has 0 spiro atoms. The van der Waals surface area contributed by atoms with Gasteiger partial charge in [-0.05, 0) is 49.2 Å². The fraction of sp³-hybridized carbons (Fsp3) is 0.188. The highest BCUT2D eigenvalue weighted by molar-refractivity contribution is 6.06. The third-order valence-electron chi connectivity index (χ3n) is 3.06. The third kappa shape index (κ3) is 4.03. The number of amides is 1. The summed E-state index contributed by atoms with van der Waals surface area (Å²) < 4.78 is 12.9. The smallest absolute Gasteiger partial charge is 0.259 e. The van der Waals surface area contributed by atoms with Crippen molar-refractivity contribution in [2.24, 2.45) is 5.73 Å². The van der Waals surface area contributed by atoms with Crippen LogP contribution in [0.4, 0.5) is 10.1 Å². The Hall–Kier alpha value is -2.40. The molecular weight excluding hydrogens is 271 g/mol. The first kappa shape index (κ1) is 15.0. The molecule has 1 amide bonds. The van der Waals surface area contributed by atoms with E-state index in [-0.39, 0.29) is 11.3 Å². The Balaban J connectivity index is 2.12. The molecule has 21 heavy (non-hydrogen) atoms. The van der Waals surface area contributed by atoms with Crippen LogP contribution in [0.15, 0.2) is 42.5 Å². The Kier molecular flexibility index (Phi) is 4.90. The van der Waals surface area contributed by atoms with Crippen molar-refractivity contribution >= 4 is 11.6 Å². The molecule has 0 aromatic heterocycles. The summed E-state index contributed by atoms with van der Waals surface area (Å²) in [5.74, 6) is -1.46. The van der Waals surface area contributed by atoms with Crippen molar-refractivity contribution in [1.29, 1.82) is 0 Å². The lowest BCUT2D eigenvalue weighted by Crippen LogP contribution is -2.12. The Labute approximate surface area is 122 Å². The molecule has 4 N–H and O–H groups in total. The van der Waals surface area contributed by atoms with E-state index in [4.69, 9.17) is 5.73 Å². The van der Waals surface area contributed by atoms with E-state index in [1.807, 2.05) is 18.2 Å². The van der Waals surface area contributed by atoms with E-state index in [0.29, 0.717) is 12.2 Å². The average Bonchev–Trinajstić information content (AvgIpc) is 2.45. The maximum atomic E-state index is 12.9. The van der Waals surface area contributed by atoms with Gasteiger partial charge in [-0.25, -0.2) is 4.39 Å². The number of hydrogen-bond donors (Lipinski definition) is 3. The first-order chi connectivity index (χ1) is 10.1. The number of benzene rings is 2. The van der Waals surface area contributed by atoms with Crippen LogP contribution < -0.4 is 11.1 Å². The van der Waals surface area contributed by atoms with Gasteiger partial charge in [-0.1, -0.05) is 12.1 Å². The molecule has 0 aliphatic rings. The summed E-state index contributed by atoms with van der Waals surface area (Å²) >= 11 is 0. The minimum absolute atomic E-state index is 0.0313. The minimum atomic E-state index is -0.590. The van der Waals surface area contributed by atoms with Crippen molar-refractivity contribution in [1.82, 2.24) is 0 Å². The van der Waals surface area contributed by atoms with Gasteiger partial charge >= 0.3 is 0 Å². The molecule has 0 fully saturated rings. The first-order valence-electron chi connectivity index (χ1n) is 6.69. The number of rotatable bonds is 5. The van der Waals surface area contributed by atoms with E-state index in [1.54, 1.807) is 6.07 Å². The van der Waals surface area contributed by atoms with Crippen molar-refractivity contribution in [3.05, 3.63) is 59.4 Å². The zero-order valence-corrected chi connectivity index (χ0v) is 11.5. The lowest BCUT2D eigenvalue weighted by Gasteiger charge is -2.08. The van der Waals surface area contributed by atoms with Gasteiger partial charge < -0.3 is 16.2 Å². The molecule has 0 radical (unpaired) electrons. The molecule has 0 saturated carbocycles. The summed E-state index contributed by atoms with van der Waals surface area (Å²) in [6.07, 6.45) is 1.71. The monoisotopic (exact) mass is 288 g/mol. The number of phenols is 1. The van der Waals surface area contributed by atoms with Crippen LogP contribution in [0, 0.1) is 5.82 Å². The molecule has 0 aliphatic heterocycles. The Bertz CT molecular complexity index is 644. The largest absolute Gasteiger partial charge is 0.507 e. The Morgan fingerprint density at radius 1 is 1.24 bits per heavy atom. The highest BCUT2D eigenvalue weighted by atomic mass is 19.1. The Morgan fingerprint density at radius 2 is 2.05 bits per heavy atom. The number of anilines is 1. The molecule has 0 bridgehead atoms. The van der Waals surface area contributed by atoms with Crippen LogP contribution in [0.25, 0.3) is 0 Å². The van der Waals surface area contributed by atoms with Gasteiger partial charge in [0.2, 0.25) is 0 Å². The summed E-state index contributed by atoms with van der Waals surface area (Å²) in [6.45, 7) is 0.611. The van der Waals surface area contributed by atoms with Crippen molar-refractivity contribution in [3.63, 3.8) is 0 Å². The first-order valence-corrected chi connectivity index (χ1v) is 6.69. The highest BCUT2D eigenvalue weighted by Gasteiger charge is 2.12. The predicted octanol–water partition coefficient (Wildman–Crippen LogP) is 2.67. The maximum absolute atomic E-state index is 12.9. The minimum Gasteiger partial charge on any atom is -0.507 e. The molecule has 110 valence electrons. The number of phenolic OH excluding ortho intramolecular Hbond substituents is 1. The zero-order valence-electron chi connectivity index (χ0n) is 11.5. The van der Waals surface area contributed by atoms with E-state index >= 15 is 0 Å². The van der Waals surface area contributed by atoms with E-state index in [0.717, 1.165) is 30.5 Å². The number of nitrogens with two attached hydrogens (primary N) is 1. The van der Waals surface area contributed by atoms with Crippen LogP contribution in [0.1, 0.15) is 22.3 Å². The van der Waals surface area contributed by atoms with Crippen LogP contribution in [0.3, 0.4) is 0 Å². The second kappa shape index (κ2) is 6.85. The fourth-order valence-electron chi connectivity index (χ4n) is 2.01. The summed E-state index contributed by atoms with van der Waals surface area (Å²) in [7, 11) is 0. The van der Waals surface area contributed by atoms with E-state index in [2.05, 4.69) is 5.32 Å². The number of carbonyl (C=O) groups excluding carboxylic acids is 1. The zero-order chi connectivity index (χ0) is 15.2. The number of aromatic hydroxyl groups is 1. The molecule has 0 unspecified atom stereocenters. The van der Waals surface area contributed by atoms with E-state index in [9.17, 15) is 14.3 Å². The quantitative estimate of drug-likeness (QED) is 0.791. The van der Waals surface area contributed by atoms with Gasteiger partial charge in [0, 0.05) is 11.8 Å². The molecule has 0 aliphatic carbocycles. The molecule has 0 atom stereocenters. The molecule has 2 aromatic carbocycles. The van der Waals surface area contributed by atoms with Gasteiger partial charge in [0.1, 0.15) is 11.6 Å². The topological polar surface area (TPSA) is 75.3 Å². The average molecular weight is 288 g/mol. The normalized spacial score (nSPS) is 10.4. The van der Waals surface area contributed by atoms with Gasteiger partial charge in [-0.2, -0.15) is 0 Å². The SMILES string of the molecule is NCCCc1cccc(NC(=O)c2ccc(F)cc2O)c1. The summed E-state index contributed by atoms with van der Waals surface area (Å²) in [6, 6.07) is 10.7. The number of aryl methyl sites for hydroxylation is 1. The van der Waals surface area contributed by atoms with Crippen molar-refractivity contribution in [3.8, 4) is 5.75 Å². The summed E-state index contributed by atoms with van der Waals surface area (Å²) in [5, 5.41) is 12.3. The van der Waals surface area contributed by atoms with Crippen LogP contribution in [0.2, 0.25) is 0 Å². The van der Waals surface area contributed by atoms with Gasteiger partial charge in [-0.15, -0.1) is 0 Å². The van der Waals surface area contributed by atoms with Crippen LogP contribution in [0.5, 0.6) is 5.75 Å². The van der Waals surface area contributed by atoms with Crippen LogP contribution in [-0.4, -0.2) is 17.6 Å². The molecule has 0 saturated heterocycles. The molecule has 5 heteroatoms. The van der Waals surface area contributed by atoms with E-state index in [1.165, 1.54) is 6.07 Å². The highest BCUT2D eigenvalue weighted by Crippen LogP contribution is 2.20. The van der Waals surface area contributed by atoms with E-state index < -0.39 is 11.7 Å². The number of carbonyl (C=O) groups is 1. The van der Waals surface area contributed by atoms with Crippen molar-refractivity contribution in [2.45, 2.75) is 12.8 Å². The summed E-state index contributed by atoms with van der Waals surface area (Å²) in [5.41, 5.74) is 7.20. The molecular formula is C16H17FN2O2. The van der Waals surface area contributed by atoms with Gasteiger partial charge in [0.05, 0.1) is 5.56 Å². The van der Waals surface area contributed by atoms with Crippen LogP contribution >= 0.6 is 0 Å². The van der Waals surface area contributed by atoms with Crippen molar-refractivity contribution < 1.29 is 14.3 Å². The molecule has 2 rings (SSSR count). The van der Waals surface area contributed by atoms with Crippen LogP contribution in [-0.2, 0) is 6.42 Å². The third-order valence-corrected chi connectivity index (χ3v) is 3.06. The number of hydrogen-bond acceptors (Lipinski definition) is 3. The lowest BCUT2D eigenvalue weighted by atomic mass is 10.1. The van der Waals surface area contributed by atoms with Crippen molar-refractivity contribution in [2.75, 3.05) is 11.9 Å². The molecule has 0 heterocycles. The molecule has 2 aromatic rings. The standard InChI is InChI=1S/C16H17FN2O2/c17-12-6-7-14(15(20)10-12)16(21)19-13-5-1-3-11(9-13)4-2-8-18/h1,3,5-7,9-10,20H,2,4,8,18H2,(H,19,21).